The molecule has 4 heteroatoms. The third kappa shape index (κ3) is 3.80. The van der Waals surface area contributed by atoms with E-state index < -0.39 is 0 Å². The number of benzene rings is 1. The highest BCUT2D eigenvalue weighted by Gasteiger charge is 2.27. The molecular formula is C15H21BrN2O. The van der Waals surface area contributed by atoms with E-state index in [2.05, 4.69) is 33.5 Å². The average Bonchev–Trinajstić information content (AvgIpc) is 2.40. The molecule has 0 bridgehead atoms. The second-order valence-electron chi connectivity index (χ2n) is 5.76. The van der Waals surface area contributed by atoms with Gasteiger partial charge < -0.3 is 10.6 Å². The number of piperidine rings is 1. The summed E-state index contributed by atoms with van der Waals surface area (Å²) in [6.45, 7) is 7.01. The van der Waals surface area contributed by atoms with Gasteiger partial charge in [0.2, 0.25) is 0 Å². The SMILES string of the molecule is Cc1ccc(Br)c(C(=O)NCC2(C)CCCNC2)c1. The summed E-state index contributed by atoms with van der Waals surface area (Å²) in [7, 11) is 0. The van der Waals surface area contributed by atoms with Crippen LogP contribution in [0.15, 0.2) is 22.7 Å². The summed E-state index contributed by atoms with van der Waals surface area (Å²) in [4.78, 5) is 12.2. The van der Waals surface area contributed by atoms with Crippen LogP contribution in [0.1, 0.15) is 35.7 Å². The summed E-state index contributed by atoms with van der Waals surface area (Å²) in [6, 6.07) is 5.84. The molecule has 19 heavy (non-hydrogen) atoms. The second-order valence-corrected chi connectivity index (χ2v) is 6.61. The Bertz CT molecular complexity index is 467. The quantitative estimate of drug-likeness (QED) is 0.897. The van der Waals surface area contributed by atoms with E-state index in [0.717, 1.165) is 36.1 Å². The Morgan fingerprint density at radius 1 is 1.53 bits per heavy atom. The van der Waals surface area contributed by atoms with Crippen LogP contribution < -0.4 is 10.6 Å². The Morgan fingerprint density at radius 3 is 3.00 bits per heavy atom. The molecular weight excluding hydrogens is 304 g/mol. The minimum atomic E-state index is 0.00220. The largest absolute Gasteiger partial charge is 0.351 e. The minimum absolute atomic E-state index is 0.00220. The van der Waals surface area contributed by atoms with Crippen LogP contribution >= 0.6 is 15.9 Å². The molecule has 1 fully saturated rings. The fourth-order valence-corrected chi connectivity index (χ4v) is 2.90. The van der Waals surface area contributed by atoms with Gasteiger partial charge in [0.1, 0.15) is 0 Å². The zero-order valence-electron chi connectivity index (χ0n) is 11.6. The smallest absolute Gasteiger partial charge is 0.252 e. The number of hydrogen-bond donors (Lipinski definition) is 2. The first-order valence-electron chi connectivity index (χ1n) is 6.75. The maximum atomic E-state index is 12.2. The van der Waals surface area contributed by atoms with Crippen molar-refractivity contribution in [2.24, 2.45) is 5.41 Å². The molecule has 1 heterocycles. The highest BCUT2D eigenvalue weighted by molar-refractivity contribution is 9.10. The highest BCUT2D eigenvalue weighted by atomic mass is 79.9. The molecule has 1 amide bonds. The fourth-order valence-electron chi connectivity index (χ4n) is 2.47. The molecule has 0 aliphatic carbocycles. The molecule has 104 valence electrons. The number of amides is 1. The Morgan fingerprint density at radius 2 is 2.32 bits per heavy atom. The first-order chi connectivity index (χ1) is 9.00. The Labute approximate surface area is 123 Å². The first-order valence-corrected chi connectivity index (χ1v) is 7.55. The van der Waals surface area contributed by atoms with Gasteiger partial charge in [-0.15, -0.1) is 0 Å². The first kappa shape index (κ1) is 14.5. The molecule has 1 aliphatic rings. The van der Waals surface area contributed by atoms with Crippen LogP contribution in [-0.2, 0) is 0 Å². The minimum Gasteiger partial charge on any atom is -0.351 e. The van der Waals surface area contributed by atoms with E-state index in [1.807, 2.05) is 25.1 Å². The number of carbonyl (C=O) groups is 1. The number of aryl methyl sites for hydroxylation is 1. The summed E-state index contributed by atoms with van der Waals surface area (Å²) in [5.41, 5.74) is 1.98. The predicted octanol–water partition coefficient (Wildman–Crippen LogP) is 2.88. The van der Waals surface area contributed by atoms with Crippen LogP contribution in [0, 0.1) is 12.3 Å². The van der Waals surface area contributed by atoms with Gasteiger partial charge in [0.25, 0.3) is 5.91 Å². The van der Waals surface area contributed by atoms with Gasteiger partial charge in [-0.25, -0.2) is 0 Å². The molecule has 1 aromatic carbocycles. The molecule has 1 aliphatic heterocycles. The zero-order chi connectivity index (χ0) is 13.9. The lowest BCUT2D eigenvalue weighted by atomic mass is 9.83. The summed E-state index contributed by atoms with van der Waals surface area (Å²) in [5, 5.41) is 6.47. The van der Waals surface area contributed by atoms with Gasteiger partial charge in [-0.05, 0) is 59.8 Å². The van der Waals surface area contributed by atoms with Gasteiger partial charge >= 0.3 is 0 Å². The standard InChI is InChI=1S/C15H21BrN2O/c1-11-4-5-13(16)12(8-11)14(19)18-10-15(2)6-3-7-17-9-15/h4-5,8,17H,3,6-7,9-10H2,1-2H3,(H,18,19). The average molecular weight is 325 g/mol. The van der Waals surface area contributed by atoms with Crippen LogP contribution in [0.2, 0.25) is 0 Å². The van der Waals surface area contributed by atoms with Crippen LogP contribution in [0.4, 0.5) is 0 Å². The highest BCUT2D eigenvalue weighted by Crippen LogP contribution is 2.25. The van der Waals surface area contributed by atoms with Crippen molar-refractivity contribution in [3.8, 4) is 0 Å². The van der Waals surface area contributed by atoms with Gasteiger partial charge in [-0.2, -0.15) is 0 Å². The molecule has 2 rings (SSSR count). The van der Waals surface area contributed by atoms with Crippen molar-refractivity contribution in [2.75, 3.05) is 19.6 Å². The summed E-state index contributed by atoms with van der Waals surface area (Å²) in [5.74, 6) is 0.00220. The van der Waals surface area contributed by atoms with E-state index in [-0.39, 0.29) is 11.3 Å². The van der Waals surface area contributed by atoms with E-state index in [1.54, 1.807) is 0 Å². The van der Waals surface area contributed by atoms with Crippen LogP contribution in [-0.4, -0.2) is 25.5 Å². The zero-order valence-corrected chi connectivity index (χ0v) is 13.1. The molecule has 1 unspecified atom stereocenters. The third-order valence-corrected chi connectivity index (χ3v) is 4.42. The third-order valence-electron chi connectivity index (χ3n) is 3.73. The number of carbonyl (C=O) groups excluding carboxylic acids is 1. The molecule has 1 saturated heterocycles. The van der Waals surface area contributed by atoms with E-state index in [1.165, 1.54) is 6.42 Å². The molecule has 1 atom stereocenters. The molecule has 3 nitrogen and oxygen atoms in total. The van der Waals surface area contributed by atoms with Gasteiger partial charge in [0.05, 0.1) is 5.56 Å². The Balaban J connectivity index is 1.99. The van der Waals surface area contributed by atoms with Crippen LogP contribution in [0.25, 0.3) is 0 Å². The number of halogens is 1. The molecule has 2 N–H and O–H groups in total. The Kier molecular flexibility index (Phi) is 4.63. The van der Waals surface area contributed by atoms with Gasteiger partial charge in [-0.3, -0.25) is 4.79 Å². The second kappa shape index (κ2) is 6.06. The van der Waals surface area contributed by atoms with E-state index >= 15 is 0 Å². The fraction of sp³-hybridized carbons (Fsp3) is 0.533. The maximum absolute atomic E-state index is 12.2. The van der Waals surface area contributed by atoms with E-state index in [9.17, 15) is 4.79 Å². The summed E-state index contributed by atoms with van der Waals surface area (Å²) >= 11 is 3.44. The molecule has 1 aromatic rings. The lowest BCUT2D eigenvalue weighted by molar-refractivity contribution is 0.0924. The normalized spacial score (nSPS) is 23.1. The molecule has 0 radical (unpaired) electrons. The van der Waals surface area contributed by atoms with Crippen molar-refractivity contribution in [3.63, 3.8) is 0 Å². The van der Waals surface area contributed by atoms with Crippen molar-refractivity contribution in [3.05, 3.63) is 33.8 Å². The van der Waals surface area contributed by atoms with Crippen LogP contribution in [0.3, 0.4) is 0 Å². The lowest BCUT2D eigenvalue weighted by Gasteiger charge is -2.34. The van der Waals surface area contributed by atoms with Crippen molar-refractivity contribution in [1.29, 1.82) is 0 Å². The number of hydrogen-bond acceptors (Lipinski definition) is 2. The van der Waals surface area contributed by atoms with Crippen LogP contribution in [0.5, 0.6) is 0 Å². The van der Waals surface area contributed by atoms with Crippen molar-refractivity contribution in [1.82, 2.24) is 10.6 Å². The van der Waals surface area contributed by atoms with Crippen molar-refractivity contribution >= 4 is 21.8 Å². The van der Waals surface area contributed by atoms with E-state index in [0.29, 0.717) is 5.56 Å². The van der Waals surface area contributed by atoms with Gasteiger partial charge in [0, 0.05) is 17.6 Å². The predicted molar refractivity (Wildman–Crippen MR) is 81.4 cm³/mol. The Hall–Kier alpha value is -0.870. The maximum Gasteiger partial charge on any atom is 0.252 e. The molecule has 0 aromatic heterocycles. The summed E-state index contributed by atoms with van der Waals surface area (Å²) < 4.78 is 0.850. The van der Waals surface area contributed by atoms with Crippen molar-refractivity contribution in [2.45, 2.75) is 26.7 Å². The van der Waals surface area contributed by atoms with Gasteiger partial charge in [0.15, 0.2) is 0 Å². The topological polar surface area (TPSA) is 41.1 Å². The van der Waals surface area contributed by atoms with E-state index in [4.69, 9.17) is 0 Å². The number of rotatable bonds is 3. The molecule has 0 spiro atoms. The van der Waals surface area contributed by atoms with Gasteiger partial charge in [-0.1, -0.05) is 18.6 Å². The molecule has 0 saturated carbocycles. The number of nitrogens with one attached hydrogen (secondary N) is 2. The van der Waals surface area contributed by atoms with Crippen molar-refractivity contribution < 1.29 is 4.79 Å². The lowest BCUT2D eigenvalue weighted by Crippen LogP contribution is -2.45. The monoisotopic (exact) mass is 324 g/mol. The summed E-state index contributed by atoms with van der Waals surface area (Å²) in [6.07, 6.45) is 2.34.